The van der Waals surface area contributed by atoms with Crippen LogP contribution in [0.25, 0.3) is 20.9 Å². The highest BCUT2D eigenvalue weighted by Gasteiger charge is 2.59. The summed E-state index contributed by atoms with van der Waals surface area (Å²) in [6, 6.07) is 10.3. The average molecular weight is 1170 g/mol. The number of hydrogen-bond acceptors (Lipinski definition) is 14. The fourth-order valence-corrected chi connectivity index (χ4v) is 17.1. The summed E-state index contributed by atoms with van der Waals surface area (Å²) >= 11 is 10.0. The summed E-state index contributed by atoms with van der Waals surface area (Å²) < 4.78 is 10.4. The number of thiazole rings is 2. The lowest BCUT2D eigenvalue weighted by atomic mass is 9.47. The van der Waals surface area contributed by atoms with Crippen molar-refractivity contribution in [2.24, 2.45) is 28.6 Å². The van der Waals surface area contributed by atoms with E-state index in [1.807, 2.05) is 107 Å². The van der Waals surface area contributed by atoms with E-state index in [0.29, 0.717) is 53.8 Å². The summed E-state index contributed by atoms with van der Waals surface area (Å²) in [6.45, 7) is 12.4. The number of amides is 4. The summed E-state index contributed by atoms with van der Waals surface area (Å²) in [6.07, 6.45) is 11.7. The van der Waals surface area contributed by atoms with E-state index in [1.165, 1.54) is 19.3 Å². The Morgan fingerprint density at radius 1 is 0.768 bits per heavy atom. The molecular formula is C61H73ClN12O6S2. The van der Waals surface area contributed by atoms with Crippen LogP contribution in [0.3, 0.4) is 0 Å². The van der Waals surface area contributed by atoms with Crippen molar-refractivity contribution in [1.82, 2.24) is 60.4 Å². The Morgan fingerprint density at radius 3 is 2.01 bits per heavy atom. The van der Waals surface area contributed by atoms with Crippen molar-refractivity contribution in [2.75, 3.05) is 13.1 Å². The number of ether oxygens (including phenoxy) is 1. The second kappa shape index (κ2) is 21.6. The van der Waals surface area contributed by atoms with Crippen molar-refractivity contribution >= 4 is 57.9 Å². The number of aliphatic hydroxyl groups is 1. The van der Waals surface area contributed by atoms with E-state index < -0.39 is 47.8 Å². The minimum absolute atomic E-state index is 0.0373. The number of aliphatic hydroxyl groups excluding tert-OH is 1. The maximum atomic E-state index is 15.6. The van der Waals surface area contributed by atoms with E-state index in [4.69, 9.17) is 26.6 Å². The van der Waals surface area contributed by atoms with Gasteiger partial charge < -0.3 is 30.3 Å². The number of aromatic nitrogens is 8. The second-order valence-corrected chi connectivity index (χ2v) is 28.3. The van der Waals surface area contributed by atoms with Gasteiger partial charge in [0.25, 0.3) is 0 Å². The highest BCUT2D eigenvalue weighted by Crippen LogP contribution is 2.64. The Morgan fingerprint density at radius 2 is 1.38 bits per heavy atom. The largest absolute Gasteiger partial charge is 0.391 e. The molecule has 82 heavy (non-hydrogen) atoms. The molecule has 2 aliphatic heterocycles. The molecule has 2 aromatic carbocycles. The SMILES string of the molecule is Cc1ncsc1-c1ccc(CNC(=O)[C@@H]2C[C@@H](OC3CC3c3cn([C@H](C(=O)N4C[C@H](O)C[C@H]4C(=O)NC(C)c4ccc(-c5scnc5C)cc4Cl)C45CC6CC(CC(C6)C4)C5)nn3)CN2C(=O)[C@@H](n2cc(C3CC3)nn2)C(C)(C)C)cc1. The number of likely N-dealkylation sites (tertiary alicyclic amines) is 2. The van der Waals surface area contributed by atoms with Crippen LogP contribution in [0.1, 0.15) is 162 Å². The molecular weight excluding hydrogens is 1100 g/mol. The molecule has 8 fully saturated rings. The number of benzene rings is 2. The first-order valence-electron chi connectivity index (χ1n) is 29.4. The lowest BCUT2D eigenvalue weighted by Gasteiger charge is -2.59. The molecule has 14 rings (SSSR count). The van der Waals surface area contributed by atoms with E-state index in [1.54, 1.807) is 41.8 Å². The predicted molar refractivity (Wildman–Crippen MR) is 310 cm³/mol. The van der Waals surface area contributed by atoms with E-state index >= 15 is 9.59 Å². The first-order valence-corrected chi connectivity index (χ1v) is 31.6. The number of carbonyl (C=O) groups is 4. The Balaban J connectivity index is 0.725. The van der Waals surface area contributed by atoms with Crippen molar-refractivity contribution in [3.05, 3.63) is 105 Å². The molecule has 21 heteroatoms. The summed E-state index contributed by atoms with van der Waals surface area (Å²) in [4.78, 5) is 73.9. The summed E-state index contributed by atoms with van der Waals surface area (Å²) in [5, 5.41) is 36.6. The minimum Gasteiger partial charge on any atom is -0.391 e. The van der Waals surface area contributed by atoms with Gasteiger partial charge in [0.05, 0.1) is 67.9 Å². The predicted octanol–water partition coefficient (Wildman–Crippen LogP) is 9.31. The van der Waals surface area contributed by atoms with Gasteiger partial charge in [0.2, 0.25) is 23.6 Å². The molecule has 4 amide bonds. The Kier molecular flexibility index (Phi) is 14.6. The van der Waals surface area contributed by atoms with Crippen LogP contribution in [0.15, 0.2) is 65.9 Å². The number of nitrogens with zero attached hydrogens (tertiary/aromatic N) is 10. The molecule has 9 atom stereocenters. The minimum atomic E-state index is -0.896. The number of hydrogen-bond donors (Lipinski definition) is 3. The van der Waals surface area contributed by atoms with Gasteiger partial charge >= 0.3 is 0 Å². The third-order valence-corrected chi connectivity index (χ3v) is 21.3. The summed E-state index contributed by atoms with van der Waals surface area (Å²) in [5.41, 5.74) is 9.94. The second-order valence-electron chi connectivity index (χ2n) is 26.2. The van der Waals surface area contributed by atoms with Crippen LogP contribution in [0.4, 0.5) is 0 Å². The van der Waals surface area contributed by atoms with E-state index in [-0.39, 0.29) is 60.6 Å². The van der Waals surface area contributed by atoms with Crippen molar-refractivity contribution in [2.45, 2.75) is 179 Å². The number of β-amino-alcohol motifs (C(OH)–C–C–N with tert-alkyl or cyclic N) is 1. The van der Waals surface area contributed by atoms with E-state index in [9.17, 15) is 14.7 Å². The summed E-state index contributed by atoms with van der Waals surface area (Å²) in [5.74, 6) is 0.808. The molecule has 6 aromatic rings. The van der Waals surface area contributed by atoms with E-state index in [0.717, 1.165) is 81.2 Å². The van der Waals surface area contributed by atoms with Crippen molar-refractivity contribution in [3.8, 4) is 20.9 Å². The molecule has 0 radical (unpaired) electrons. The molecule has 6 heterocycles. The molecule has 4 aromatic heterocycles. The lowest BCUT2D eigenvalue weighted by Crippen LogP contribution is -2.56. The zero-order chi connectivity index (χ0) is 56.9. The number of carbonyl (C=O) groups excluding carboxylic acids is 4. The number of halogens is 1. The molecule has 432 valence electrons. The zero-order valence-corrected chi connectivity index (χ0v) is 49.8. The van der Waals surface area contributed by atoms with Gasteiger partial charge in [0.15, 0.2) is 0 Å². The maximum absolute atomic E-state index is 15.6. The fraction of sp³-hybridized carbons (Fsp3) is 0.574. The highest BCUT2D eigenvalue weighted by molar-refractivity contribution is 7.13. The molecule has 0 spiro atoms. The first-order chi connectivity index (χ1) is 39.4. The van der Waals surface area contributed by atoms with Crippen molar-refractivity contribution < 1.29 is 29.0 Å². The van der Waals surface area contributed by atoms with Crippen LogP contribution in [0.2, 0.25) is 5.02 Å². The highest BCUT2D eigenvalue weighted by atomic mass is 35.5. The average Bonchev–Trinajstić information content (AvgIpc) is 3.00. The van der Waals surface area contributed by atoms with Crippen LogP contribution >= 0.6 is 34.3 Å². The van der Waals surface area contributed by atoms with Crippen LogP contribution < -0.4 is 10.6 Å². The third kappa shape index (κ3) is 10.7. The van der Waals surface area contributed by atoms with Gasteiger partial charge in [0, 0.05) is 67.1 Å². The van der Waals surface area contributed by atoms with Crippen LogP contribution in [0.5, 0.6) is 0 Å². The van der Waals surface area contributed by atoms with Gasteiger partial charge in [-0.05, 0) is 130 Å². The fourth-order valence-electron chi connectivity index (χ4n) is 15.2. The monoisotopic (exact) mass is 1170 g/mol. The zero-order valence-electron chi connectivity index (χ0n) is 47.4. The van der Waals surface area contributed by atoms with Gasteiger partial charge in [-0.1, -0.05) is 79.2 Å². The van der Waals surface area contributed by atoms with Crippen LogP contribution in [0, 0.1) is 42.4 Å². The molecule has 6 aliphatic carbocycles. The quantitative estimate of drug-likeness (QED) is 0.0779. The Hall–Kier alpha value is -5.93. The molecule has 4 bridgehead atoms. The van der Waals surface area contributed by atoms with Gasteiger partial charge in [-0.2, -0.15) is 0 Å². The molecule has 6 saturated carbocycles. The molecule has 2 saturated heterocycles. The lowest BCUT2D eigenvalue weighted by molar-refractivity contribution is -0.154. The Bertz CT molecular complexity index is 3370. The van der Waals surface area contributed by atoms with Crippen LogP contribution in [-0.4, -0.2) is 122 Å². The van der Waals surface area contributed by atoms with Crippen molar-refractivity contribution in [3.63, 3.8) is 0 Å². The molecule has 3 N–H and O–H groups in total. The smallest absolute Gasteiger partial charge is 0.248 e. The van der Waals surface area contributed by atoms with Gasteiger partial charge in [-0.15, -0.1) is 32.9 Å². The van der Waals surface area contributed by atoms with Crippen LogP contribution in [-0.2, 0) is 30.5 Å². The van der Waals surface area contributed by atoms with E-state index in [2.05, 4.69) is 30.9 Å². The standard InChI is InChI=1S/C61H73ClN12O6S2/c1-32(44-14-13-41(18-46(44)62)53-34(3)65-31-82-53)66-57(77)49-19-42(75)26-71(49)59(79)55(61-22-36-15-37(23-61)17-38(16-36)24-61)74-29-48(68-70-74)45-21-51(45)80-43-20-50(56(76)63-25-35-7-9-40(10-8-35)52-33(2)64-30-81-52)72(27-43)58(78)54(60(4,5)6)73-28-47(67-69-73)39-11-12-39/h7-10,13-14,18,28-32,36-39,42-43,45,49-51,54-55,75H,11-12,15-17,19-27H2,1-6H3,(H,63,76)(H,66,77)/t32?,36?,37?,38?,42-,43-,45?,49+,50+,51?,54-,55-,61?/m1/s1. The third-order valence-electron chi connectivity index (χ3n) is 19.0. The first kappa shape index (κ1) is 55.3. The maximum Gasteiger partial charge on any atom is 0.248 e. The van der Waals surface area contributed by atoms with Crippen molar-refractivity contribution in [1.29, 1.82) is 0 Å². The molecule has 3 unspecified atom stereocenters. The number of aryl methyl sites for hydroxylation is 2. The number of nitrogens with one attached hydrogen (secondary N) is 2. The molecule has 8 aliphatic rings. The van der Waals surface area contributed by atoms with Gasteiger partial charge in [0.1, 0.15) is 24.2 Å². The normalized spacial score (nSPS) is 28.6. The van der Waals surface area contributed by atoms with Gasteiger partial charge in [-0.25, -0.2) is 19.3 Å². The topological polar surface area (TPSA) is 215 Å². The Labute approximate surface area is 491 Å². The molecule has 18 nitrogen and oxygen atoms in total. The van der Waals surface area contributed by atoms with Gasteiger partial charge in [-0.3, -0.25) is 19.2 Å². The summed E-state index contributed by atoms with van der Waals surface area (Å²) in [7, 11) is 0. The number of rotatable bonds is 17.